The third kappa shape index (κ3) is 9.16. The molecular weight excluding hydrogens is 280 g/mol. The van der Waals surface area contributed by atoms with Crippen LogP contribution in [0, 0.1) is 0 Å². The lowest BCUT2D eigenvalue weighted by Gasteiger charge is -2.05. The van der Waals surface area contributed by atoms with E-state index in [4.69, 9.17) is 4.74 Å². The minimum absolute atomic E-state index is 0.130. The van der Waals surface area contributed by atoms with E-state index >= 15 is 0 Å². The molecule has 0 unspecified atom stereocenters. The van der Waals surface area contributed by atoms with E-state index in [0.29, 0.717) is 19.4 Å². The quantitative estimate of drug-likeness (QED) is 0.457. The van der Waals surface area contributed by atoms with Crippen LogP contribution in [-0.2, 0) is 25.7 Å². The molecule has 0 saturated carbocycles. The number of esters is 2. The second-order valence-electron chi connectivity index (χ2n) is 5.34. The average Bonchev–Trinajstić information content (AvgIpc) is 2.56. The minimum Gasteiger partial charge on any atom is -0.469 e. The number of carbonyl (C=O) groups is 2. The first kappa shape index (κ1) is 18.2. The fourth-order valence-corrected chi connectivity index (χ4v) is 2.16. The van der Waals surface area contributed by atoms with E-state index in [2.05, 4.69) is 4.74 Å². The topological polar surface area (TPSA) is 52.6 Å². The van der Waals surface area contributed by atoms with Crippen molar-refractivity contribution in [3.8, 4) is 0 Å². The van der Waals surface area contributed by atoms with Crippen molar-refractivity contribution in [2.45, 2.75) is 58.0 Å². The lowest BCUT2D eigenvalue weighted by molar-refractivity contribution is -0.145. The van der Waals surface area contributed by atoms with Crippen molar-refractivity contribution in [2.24, 2.45) is 0 Å². The molecule has 0 amide bonds. The van der Waals surface area contributed by atoms with Crippen molar-refractivity contribution < 1.29 is 19.1 Å². The van der Waals surface area contributed by atoms with Gasteiger partial charge in [-0.2, -0.15) is 0 Å². The van der Waals surface area contributed by atoms with Gasteiger partial charge < -0.3 is 9.47 Å². The molecule has 0 saturated heterocycles. The number of hydrogen-bond acceptors (Lipinski definition) is 4. The molecule has 122 valence electrons. The number of hydrogen-bond donors (Lipinski definition) is 0. The Kier molecular flexibility index (Phi) is 9.75. The number of benzene rings is 1. The Morgan fingerprint density at radius 2 is 1.36 bits per heavy atom. The first-order valence-electron chi connectivity index (χ1n) is 7.98. The molecule has 0 aliphatic carbocycles. The maximum Gasteiger partial charge on any atom is 0.306 e. The molecule has 1 aromatic rings. The van der Waals surface area contributed by atoms with Gasteiger partial charge in [0, 0.05) is 12.8 Å². The number of unbranched alkanes of at least 4 members (excludes halogenated alkanes) is 5. The SMILES string of the molecule is COC(=O)CCCCCCCCC(=O)OCc1ccccc1. The Morgan fingerprint density at radius 3 is 1.95 bits per heavy atom. The maximum atomic E-state index is 11.6. The molecule has 0 fully saturated rings. The highest BCUT2D eigenvalue weighted by atomic mass is 16.5. The van der Waals surface area contributed by atoms with Crippen molar-refractivity contribution in [3.05, 3.63) is 35.9 Å². The van der Waals surface area contributed by atoms with Crippen LogP contribution in [-0.4, -0.2) is 19.0 Å². The highest BCUT2D eigenvalue weighted by Crippen LogP contribution is 2.10. The predicted octanol–water partition coefficient (Wildman–Crippen LogP) is 4.02. The van der Waals surface area contributed by atoms with Crippen molar-refractivity contribution in [3.63, 3.8) is 0 Å². The van der Waals surface area contributed by atoms with E-state index in [1.807, 2.05) is 30.3 Å². The molecule has 4 heteroatoms. The summed E-state index contributed by atoms with van der Waals surface area (Å²) in [4.78, 5) is 22.5. The van der Waals surface area contributed by atoms with Gasteiger partial charge in [0.1, 0.15) is 6.61 Å². The van der Waals surface area contributed by atoms with Gasteiger partial charge in [-0.05, 0) is 18.4 Å². The second kappa shape index (κ2) is 11.8. The van der Waals surface area contributed by atoms with Crippen LogP contribution in [0.1, 0.15) is 56.9 Å². The molecule has 0 N–H and O–H groups in total. The van der Waals surface area contributed by atoms with Crippen LogP contribution in [0.5, 0.6) is 0 Å². The first-order valence-corrected chi connectivity index (χ1v) is 7.98. The van der Waals surface area contributed by atoms with Crippen LogP contribution in [0.4, 0.5) is 0 Å². The molecule has 4 nitrogen and oxygen atoms in total. The van der Waals surface area contributed by atoms with E-state index in [0.717, 1.165) is 44.1 Å². The Bertz CT molecular complexity index is 428. The standard InChI is InChI=1S/C18H26O4/c1-21-17(19)13-9-4-2-3-5-10-14-18(20)22-15-16-11-7-6-8-12-16/h6-8,11-12H,2-5,9-10,13-15H2,1H3. The van der Waals surface area contributed by atoms with Crippen molar-refractivity contribution >= 4 is 11.9 Å². The zero-order valence-electron chi connectivity index (χ0n) is 13.4. The summed E-state index contributed by atoms with van der Waals surface area (Å²) >= 11 is 0. The van der Waals surface area contributed by atoms with Gasteiger partial charge in [0.2, 0.25) is 0 Å². The van der Waals surface area contributed by atoms with Crippen LogP contribution in [0.15, 0.2) is 30.3 Å². The third-order valence-corrected chi connectivity index (χ3v) is 3.48. The Balaban J connectivity index is 1.92. The van der Waals surface area contributed by atoms with Crippen LogP contribution in [0.25, 0.3) is 0 Å². The summed E-state index contributed by atoms with van der Waals surface area (Å²) in [5.74, 6) is -0.268. The fourth-order valence-electron chi connectivity index (χ4n) is 2.16. The lowest BCUT2D eigenvalue weighted by Crippen LogP contribution is -2.04. The predicted molar refractivity (Wildman–Crippen MR) is 85.2 cm³/mol. The van der Waals surface area contributed by atoms with Gasteiger partial charge in [-0.3, -0.25) is 9.59 Å². The number of ether oxygens (including phenoxy) is 2. The number of carbonyl (C=O) groups excluding carboxylic acids is 2. The van der Waals surface area contributed by atoms with E-state index in [1.165, 1.54) is 7.11 Å². The van der Waals surface area contributed by atoms with Crippen LogP contribution in [0.3, 0.4) is 0 Å². The summed E-state index contributed by atoms with van der Waals surface area (Å²) < 4.78 is 9.81. The summed E-state index contributed by atoms with van der Waals surface area (Å²) in [5, 5.41) is 0. The molecule has 0 bridgehead atoms. The Morgan fingerprint density at radius 1 is 0.818 bits per heavy atom. The van der Waals surface area contributed by atoms with Gasteiger partial charge in [-0.25, -0.2) is 0 Å². The summed E-state index contributed by atoms with van der Waals surface area (Å²) in [6.07, 6.45) is 6.98. The summed E-state index contributed by atoms with van der Waals surface area (Å²) in [7, 11) is 1.42. The van der Waals surface area contributed by atoms with Crippen molar-refractivity contribution in [2.75, 3.05) is 7.11 Å². The molecule has 0 radical (unpaired) electrons. The molecule has 0 atom stereocenters. The van der Waals surface area contributed by atoms with Crippen LogP contribution in [0.2, 0.25) is 0 Å². The molecule has 0 spiro atoms. The number of methoxy groups -OCH3 is 1. The first-order chi connectivity index (χ1) is 10.7. The zero-order chi connectivity index (χ0) is 16.0. The Hall–Kier alpha value is -1.84. The molecule has 0 aromatic heterocycles. The monoisotopic (exact) mass is 306 g/mol. The third-order valence-electron chi connectivity index (χ3n) is 3.48. The van der Waals surface area contributed by atoms with Gasteiger partial charge in [0.25, 0.3) is 0 Å². The van der Waals surface area contributed by atoms with Gasteiger partial charge in [0.05, 0.1) is 7.11 Å². The largest absolute Gasteiger partial charge is 0.469 e. The molecule has 1 rings (SSSR count). The molecular formula is C18H26O4. The molecule has 0 aliphatic rings. The maximum absolute atomic E-state index is 11.6. The minimum atomic E-state index is -0.138. The van der Waals surface area contributed by atoms with Gasteiger partial charge >= 0.3 is 11.9 Å². The average molecular weight is 306 g/mol. The van der Waals surface area contributed by atoms with Crippen molar-refractivity contribution in [1.29, 1.82) is 0 Å². The van der Waals surface area contributed by atoms with Gasteiger partial charge in [-0.1, -0.05) is 56.0 Å². The van der Waals surface area contributed by atoms with Crippen LogP contribution >= 0.6 is 0 Å². The fraction of sp³-hybridized carbons (Fsp3) is 0.556. The van der Waals surface area contributed by atoms with E-state index in [-0.39, 0.29) is 11.9 Å². The smallest absolute Gasteiger partial charge is 0.306 e. The lowest BCUT2D eigenvalue weighted by atomic mass is 10.1. The zero-order valence-corrected chi connectivity index (χ0v) is 13.4. The molecule has 0 aliphatic heterocycles. The van der Waals surface area contributed by atoms with Crippen molar-refractivity contribution in [1.82, 2.24) is 0 Å². The molecule has 22 heavy (non-hydrogen) atoms. The molecule has 1 aromatic carbocycles. The van der Waals surface area contributed by atoms with Gasteiger partial charge in [-0.15, -0.1) is 0 Å². The van der Waals surface area contributed by atoms with E-state index in [1.54, 1.807) is 0 Å². The Labute approximate surface area is 132 Å². The van der Waals surface area contributed by atoms with Gasteiger partial charge in [0.15, 0.2) is 0 Å². The summed E-state index contributed by atoms with van der Waals surface area (Å²) in [6.45, 7) is 0.354. The normalized spacial score (nSPS) is 10.2. The summed E-state index contributed by atoms with van der Waals surface area (Å²) in [6, 6.07) is 9.70. The van der Waals surface area contributed by atoms with E-state index < -0.39 is 0 Å². The van der Waals surface area contributed by atoms with Crippen LogP contribution < -0.4 is 0 Å². The van der Waals surface area contributed by atoms with E-state index in [9.17, 15) is 9.59 Å². The highest BCUT2D eigenvalue weighted by molar-refractivity contribution is 5.69. The summed E-state index contributed by atoms with van der Waals surface area (Å²) in [5.41, 5.74) is 1.02. The molecule has 0 heterocycles. The second-order valence-corrected chi connectivity index (χ2v) is 5.34. The number of rotatable bonds is 11. The highest BCUT2D eigenvalue weighted by Gasteiger charge is 2.03.